The number of nitrogens with one attached hydrogen (secondary N) is 2. The number of pyridine rings is 1. The Morgan fingerprint density at radius 1 is 0.911 bits per heavy atom. The van der Waals surface area contributed by atoms with Crippen LogP contribution < -0.4 is 20.1 Å². The first-order valence-corrected chi connectivity index (χ1v) is 20.1. The number of fused-ring (bicyclic) bond motifs is 2. The highest BCUT2D eigenvalue weighted by atomic mass is 16.7. The first kappa shape index (κ1) is 39.3. The molecule has 3 aromatic heterocycles. The molecule has 13 heteroatoms. The zero-order valence-electron chi connectivity index (χ0n) is 33.5. The predicted molar refractivity (Wildman–Crippen MR) is 216 cm³/mol. The number of benzene rings is 2. The number of carbonyl (C=O) groups is 1. The first-order valence-electron chi connectivity index (χ1n) is 20.1. The molecule has 0 spiro atoms. The summed E-state index contributed by atoms with van der Waals surface area (Å²) in [7, 11) is 2.14. The molecule has 1 aliphatic carbocycles. The van der Waals surface area contributed by atoms with E-state index in [2.05, 4.69) is 77.0 Å². The van der Waals surface area contributed by atoms with E-state index < -0.39 is 0 Å². The van der Waals surface area contributed by atoms with Crippen LogP contribution in [0.3, 0.4) is 0 Å². The van der Waals surface area contributed by atoms with Gasteiger partial charge in [0.25, 0.3) is 0 Å². The largest absolute Gasteiger partial charge is 0.491 e. The van der Waals surface area contributed by atoms with Gasteiger partial charge in [0.2, 0.25) is 0 Å². The summed E-state index contributed by atoms with van der Waals surface area (Å²) in [4.78, 5) is 16.1. The standard InChI is InChI=1S/C43H56N8O5/c1-7-23-54-40(8-2)55-25-24-53-30-14-11-13-29(26-30)51-39(27-37(48-51)43(3,4)5)45-42(52)44-34-19-20-36(33-16-10-9-15-32(33)34)56-31-18-21-38-46-47-41(50(38)28-31)35-17-12-22-49(35)6/h9-11,13-16,18,21,26-28,34-36,40H,7-8,12,17,19-20,22-25H2,1-6H3,(H2,44,45,52)/t34-,35-,36+,40?/m0/s1. The molecule has 13 nitrogen and oxygen atoms in total. The second-order valence-corrected chi connectivity index (χ2v) is 15.8. The maximum Gasteiger partial charge on any atom is 0.320 e. The summed E-state index contributed by atoms with van der Waals surface area (Å²) >= 11 is 0. The van der Waals surface area contributed by atoms with Crippen LogP contribution in [0.4, 0.5) is 10.6 Å². The van der Waals surface area contributed by atoms with Crippen LogP contribution in [0.15, 0.2) is 72.9 Å². The molecule has 4 heterocycles. The van der Waals surface area contributed by atoms with Gasteiger partial charge in [-0.1, -0.05) is 65.0 Å². The lowest BCUT2D eigenvalue weighted by molar-refractivity contribution is -0.147. The summed E-state index contributed by atoms with van der Waals surface area (Å²) in [6, 6.07) is 21.5. The lowest BCUT2D eigenvalue weighted by Crippen LogP contribution is -2.36. The molecule has 2 aromatic carbocycles. The van der Waals surface area contributed by atoms with Crippen molar-refractivity contribution in [3.05, 3.63) is 95.6 Å². The fourth-order valence-electron chi connectivity index (χ4n) is 7.53. The van der Waals surface area contributed by atoms with Gasteiger partial charge in [-0.3, -0.25) is 14.6 Å². The first-order chi connectivity index (χ1) is 27.1. The molecule has 2 N–H and O–H groups in total. The third-order valence-electron chi connectivity index (χ3n) is 10.5. The van der Waals surface area contributed by atoms with Crippen molar-refractivity contribution < 1.29 is 23.7 Å². The highest BCUT2D eigenvalue weighted by molar-refractivity contribution is 5.89. The molecule has 5 aromatic rings. The van der Waals surface area contributed by atoms with E-state index in [-0.39, 0.29) is 35.9 Å². The van der Waals surface area contributed by atoms with E-state index in [0.29, 0.717) is 37.8 Å². The Kier molecular flexibility index (Phi) is 12.2. The van der Waals surface area contributed by atoms with E-state index in [4.69, 9.17) is 24.0 Å². The Labute approximate surface area is 329 Å². The van der Waals surface area contributed by atoms with Gasteiger partial charge >= 0.3 is 6.03 Å². The van der Waals surface area contributed by atoms with Crippen LogP contribution in [0.2, 0.25) is 0 Å². The van der Waals surface area contributed by atoms with Crippen molar-refractivity contribution in [3.63, 3.8) is 0 Å². The van der Waals surface area contributed by atoms with Gasteiger partial charge < -0.3 is 24.3 Å². The second-order valence-electron chi connectivity index (χ2n) is 15.8. The minimum absolute atomic E-state index is 0.168. The number of likely N-dealkylation sites (tertiary alicyclic amines) is 1. The molecule has 1 saturated heterocycles. The van der Waals surface area contributed by atoms with Crippen LogP contribution in [-0.4, -0.2) is 75.0 Å². The van der Waals surface area contributed by atoms with Gasteiger partial charge in [-0.15, -0.1) is 10.2 Å². The SMILES string of the molecule is CCCOC(CC)OCCOc1cccc(-n2nc(C(C)(C)C)cc2NC(=O)N[C@H]2CC[C@@H](Oc3ccc4nnc([C@@H]5CCCN5C)n4c3)c3ccccc32)c1. The average molecular weight is 765 g/mol. The van der Waals surface area contributed by atoms with E-state index in [1.54, 1.807) is 4.68 Å². The van der Waals surface area contributed by atoms with Gasteiger partial charge in [-0.05, 0) is 87.5 Å². The summed E-state index contributed by atoms with van der Waals surface area (Å²) in [6.07, 6.45) is 6.98. The third-order valence-corrected chi connectivity index (χ3v) is 10.5. The fraction of sp³-hybridized carbons (Fsp3) is 0.488. The van der Waals surface area contributed by atoms with Gasteiger partial charge in [0.15, 0.2) is 17.8 Å². The summed E-state index contributed by atoms with van der Waals surface area (Å²) in [6.45, 7) is 12.9. The van der Waals surface area contributed by atoms with Crippen LogP contribution in [0.5, 0.6) is 11.5 Å². The molecule has 298 valence electrons. The molecule has 0 saturated carbocycles. The van der Waals surface area contributed by atoms with Crippen LogP contribution in [0.1, 0.15) is 114 Å². The van der Waals surface area contributed by atoms with Gasteiger partial charge in [0.1, 0.15) is 30.0 Å². The van der Waals surface area contributed by atoms with Crippen molar-refractivity contribution in [3.8, 4) is 17.2 Å². The molecule has 1 aliphatic heterocycles. The Balaban J connectivity index is 1.03. The van der Waals surface area contributed by atoms with Gasteiger partial charge in [-0.25, -0.2) is 9.48 Å². The zero-order chi connectivity index (χ0) is 39.2. The van der Waals surface area contributed by atoms with Crippen molar-refractivity contribution in [1.82, 2.24) is 34.6 Å². The summed E-state index contributed by atoms with van der Waals surface area (Å²) in [5, 5.41) is 20.3. The van der Waals surface area contributed by atoms with Crippen LogP contribution in [0.25, 0.3) is 11.3 Å². The van der Waals surface area contributed by atoms with Crippen molar-refractivity contribution in [2.24, 2.45) is 0 Å². The molecule has 56 heavy (non-hydrogen) atoms. The van der Waals surface area contributed by atoms with E-state index in [1.807, 2.05) is 67.7 Å². The predicted octanol–water partition coefficient (Wildman–Crippen LogP) is 8.31. The Bertz CT molecular complexity index is 2090. The van der Waals surface area contributed by atoms with E-state index >= 15 is 0 Å². The zero-order valence-corrected chi connectivity index (χ0v) is 33.5. The molecule has 7 rings (SSSR count). The molecular weight excluding hydrogens is 709 g/mol. The number of hydrogen-bond acceptors (Lipinski definition) is 9. The van der Waals surface area contributed by atoms with Crippen molar-refractivity contribution in [2.45, 2.75) is 103 Å². The number of amides is 2. The van der Waals surface area contributed by atoms with Crippen molar-refractivity contribution in [2.75, 3.05) is 38.7 Å². The molecule has 0 bridgehead atoms. The highest BCUT2D eigenvalue weighted by Gasteiger charge is 2.31. The lowest BCUT2D eigenvalue weighted by atomic mass is 9.85. The Morgan fingerprint density at radius 2 is 1.73 bits per heavy atom. The topological polar surface area (TPSA) is 129 Å². The number of nitrogens with zero attached hydrogens (tertiary/aromatic N) is 6. The number of urea groups is 1. The van der Waals surface area contributed by atoms with E-state index in [0.717, 1.165) is 78.4 Å². The minimum atomic E-state index is -0.312. The Hall–Kier alpha value is -4.98. The van der Waals surface area contributed by atoms with E-state index in [9.17, 15) is 4.79 Å². The summed E-state index contributed by atoms with van der Waals surface area (Å²) < 4.78 is 28.1. The highest BCUT2D eigenvalue weighted by Crippen LogP contribution is 2.39. The maximum atomic E-state index is 13.8. The fourth-order valence-corrected chi connectivity index (χ4v) is 7.53. The Morgan fingerprint density at radius 3 is 2.50 bits per heavy atom. The number of rotatable bonds is 15. The molecule has 4 atom stereocenters. The molecule has 2 amide bonds. The third kappa shape index (κ3) is 9.01. The van der Waals surface area contributed by atoms with Crippen LogP contribution in [-0.2, 0) is 14.9 Å². The normalized spacial score (nSPS) is 19.1. The molecule has 1 unspecified atom stereocenters. The quantitative estimate of drug-likeness (QED) is 0.0799. The van der Waals surface area contributed by atoms with Crippen molar-refractivity contribution >= 4 is 17.5 Å². The molecular formula is C43H56N8O5. The maximum absolute atomic E-state index is 13.8. The van der Waals surface area contributed by atoms with Gasteiger partial charge in [-0.2, -0.15) is 5.10 Å². The number of carbonyl (C=O) groups excluding carboxylic acids is 1. The van der Waals surface area contributed by atoms with Crippen LogP contribution >= 0.6 is 0 Å². The number of aromatic nitrogens is 5. The van der Waals surface area contributed by atoms with Gasteiger partial charge in [0.05, 0.1) is 36.3 Å². The lowest BCUT2D eigenvalue weighted by Gasteiger charge is -2.32. The monoisotopic (exact) mass is 764 g/mol. The van der Waals surface area contributed by atoms with Crippen molar-refractivity contribution in [1.29, 1.82) is 0 Å². The smallest absolute Gasteiger partial charge is 0.320 e. The molecule has 0 radical (unpaired) electrons. The number of hydrogen-bond donors (Lipinski definition) is 2. The van der Waals surface area contributed by atoms with Crippen LogP contribution in [0, 0.1) is 0 Å². The number of ether oxygens (including phenoxy) is 4. The average Bonchev–Trinajstić information content (AvgIpc) is 3.93. The summed E-state index contributed by atoms with van der Waals surface area (Å²) in [5.41, 5.74) is 4.28. The van der Waals surface area contributed by atoms with E-state index in [1.165, 1.54) is 0 Å². The molecule has 2 aliphatic rings. The minimum Gasteiger partial charge on any atom is -0.491 e. The van der Waals surface area contributed by atoms with Gasteiger partial charge in [0, 0.05) is 24.2 Å². The second kappa shape index (κ2) is 17.4. The summed E-state index contributed by atoms with van der Waals surface area (Å²) in [5.74, 6) is 2.94. The molecule has 1 fully saturated rings. The number of anilines is 1.